The smallest absolute Gasteiger partial charge is 0.325 e. The molecule has 0 spiro atoms. The maximum absolute atomic E-state index is 12.7. The molecule has 3 heterocycles. The number of amides is 3. The summed E-state index contributed by atoms with van der Waals surface area (Å²) in [5.74, 6) is 0.944. The number of aliphatic hydroxyl groups is 1. The number of carbonyl (C=O) groups is 2. The fourth-order valence-electron chi connectivity index (χ4n) is 4.27. The first kappa shape index (κ1) is 22.3. The third-order valence-electron chi connectivity index (χ3n) is 6.31. The van der Waals surface area contributed by atoms with E-state index in [-0.39, 0.29) is 13.2 Å². The summed E-state index contributed by atoms with van der Waals surface area (Å²) in [6.45, 7) is 5.64. The van der Waals surface area contributed by atoms with Gasteiger partial charge < -0.3 is 29.4 Å². The molecule has 3 atom stereocenters. The van der Waals surface area contributed by atoms with Gasteiger partial charge in [0.1, 0.15) is 18.5 Å². The lowest BCUT2D eigenvalue weighted by Crippen LogP contribution is -2.65. The van der Waals surface area contributed by atoms with Crippen molar-refractivity contribution >= 4 is 17.9 Å². The average molecular weight is 445 g/mol. The zero-order valence-electron chi connectivity index (χ0n) is 18.9. The van der Waals surface area contributed by atoms with Crippen LogP contribution in [-0.2, 0) is 11.2 Å². The molecule has 2 fully saturated rings. The highest BCUT2D eigenvalue weighted by Gasteiger charge is 2.50. The fraction of sp³-hybridized carbons (Fsp3) is 0.591. The van der Waals surface area contributed by atoms with Crippen molar-refractivity contribution in [3.05, 3.63) is 29.8 Å². The van der Waals surface area contributed by atoms with Crippen LogP contribution in [0.4, 0.5) is 4.79 Å². The number of ether oxygens (including phenoxy) is 1. The van der Waals surface area contributed by atoms with Crippen molar-refractivity contribution in [2.24, 2.45) is 4.99 Å². The van der Waals surface area contributed by atoms with Gasteiger partial charge in [-0.1, -0.05) is 19.1 Å². The average Bonchev–Trinajstić information content (AvgIpc) is 3.16. The number of imide groups is 1. The molecule has 0 aromatic heterocycles. The van der Waals surface area contributed by atoms with Crippen LogP contribution in [0.2, 0.25) is 0 Å². The van der Waals surface area contributed by atoms with Gasteiger partial charge in [0, 0.05) is 33.2 Å². The van der Waals surface area contributed by atoms with Crippen LogP contribution in [0.15, 0.2) is 29.3 Å². The molecular weight excluding hydrogens is 412 g/mol. The van der Waals surface area contributed by atoms with Gasteiger partial charge in [-0.3, -0.25) is 10.1 Å². The zero-order chi connectivity index (χ0) is 22.8. The van der Waals surface area contributed by atoms with Gasteiger partial charge in [-0.15, -0.1) is 0 Å². The zero-order valence-corrected chi connectivity index (χ0v) is 18.9. The van der Waals surface area contributed by atoms with E-state index in [0.717, 1.165) is 32.6 Å². The Hall–Kier alpha value is -2.85. The molecule has 2 N–H and O–H groups in total. The first-order valence-corrected chi connectivity index (χ1v) is 11.1. The predicted octanol–water partition coefficient (Wildman–Crippen LogP) is -0.216. The highest BCUT2D eigenvalue weighted by Crippen LogP contribution is 2.26. The maximum Gasteiger partial charge on any atom is 0.325 e. The summed E-state index contributed by atoms with van der Waals surface area (Å²) in [5, 5.41) is 13.2. The van der Waals surface area contributed by atoms with Gasteiger partial charge in [0.05, 0.1) is 6.54 Å². The number of likely N-dealkylation sites (N-methyl/N-ethyl adjacent to an activating group) is 2. The molecule has 10 nitrogen and oxygen atoms in total. The summed E-state index contributed by atoms with van der Waals surface area (Å²) in [6.07, 6.45) is -0.498. The number of carbonyl (C=O) groups excluding carboxylic acids is 2. The van der Waals surface area contributed by atoms with Crippen LogP contribution in [0.3, 0.4) is 0 Å². The van der Waals surface area contributed by atoms with Gasteiger partial charge >= 0.3 is 6.03 Å². The van der Waals surface area contributed by atoms with Gasteiger partial charge in [-0.25, -0.2) is 9.79 Å². The van der Waals surface area contributed by atoms with Crippen LogP contribution in [0.5, 0.6) is 5.75 Å². The molecule has 1 aromatic rings. The van der Waals surface area contributed by atoms with Crippen LogP contribution in [0.25, 0.3) is 0 Å². The van der Waals surface area contributed by atoms with Crippen LogP contribution in [0, 0.1) is 0 Å². The van der Waals surface area contributed by atoms with E-state index in [4.69, 9.17) is 9.73 Å². The molecule has 0 saturated carbocycles. The number of aliphatic imine (C=N–C) groups is 1. The molecule has 0 aliphatic carbocycles. The number of nitrogens with one attached hydrogen (secondary N) is 1. The Morgan fingerprint density at radius 1 is 1.16 bits per heavy atom. The molecule has 4 rings (SSSR count). The number of β-amino-alcohol motifs (C(OH)–C–C–N with tert-alkyl or cyclic N) is 1. The number of aryl methyl sites for hydroxylation is 1. The molecule has 0 bridgehead atoms. The number of hydrogen-bond donors (Lipinski definition) is 2. The summed E-state index contributed by atoms with van der Waals surface area (Å²) in [4.78, 5) is 37.2. The molecule has 3 aliphatic heterocycles. The largest absolute Gasteiger partial charge is 0.491 e. The van der Waals surface area contributed by atoms with Crippen molar-refractivity contribution in [2.45, 2.75) is 31.7 Å². The third-order valence-corrected chi connectivity index (χ3v) is 6.31. The Bertz CT molecular complexity index is 868. The van der Waals surface area contributed by atoms with Crippen LogP contribution in [0.1, 0.15) is 12.5 Å². The molecule has 3 aliphatic rings. The van der Waals surface area contributed by atoms with Gasteiger partial charge in [0.2, 0.25) is 0 Å². The fourth-order valence-corrected chi connectivity index (χ4v) is 4.27. The van der Waals surface area contributed by atoms with Crippen molar-refractivity contribution in [1.29, 1.82) is 0 Å². The number of urea groups is 1. The Morgan fingerprint density at radius 3 is 2.50 bits per heavy atom. The van der Waals surface area contributed by atoms with Crippen molar-refractivity contribution in [3.8, 4) is 5.75 Å². The number of piperazine rings is 1. The number of benzene rings is 1. The van der Waals surface area contributed by atoms with Crippen molar-refractivity contribution in [2.75, 3.05) is 53.4 Å². The quantitative estimate of drug-likeness (QED) is 0.626. The Balaban J connectivity index is 1.47. The third kappa shape index (κ3) is 4.51. The lowest BCUT2D eigenvalue weighted by Gasteiger charge is -2.40. The van der Waals surface area contributed by atoms with Crippen molar-refractivity contribution in [1.82, 2.24) is 24.9 Å². The minimum Gasteiger partial charge on any atom is -0.491 e. The van der Waals surface area contributed by atoms with Crippen molar-refractivity contribution in [3.63, 3.8) is 0 Å². The van der Waals surface area contributed by atoms with E-state index in [1.807, 2.05) is 29.2 Å². The van der Waals surface area contributed by atoms with E-state index in [1.54, 1.807) is 7.05 Å². The van der Waals surface area contributed by atoms with Gasteiger partial charge in [-0.05, 0) is 31.2 Å². The molecule has 2 saturated heterocycles. The molecule has 1 aromatic carbocycles. The lowest BCUT2D eigenvalue weighted by atomic mass is 10.1. The van der Waals surface area contributed by atoms with Gasteiger partial charge in [-0.2, -0.15) is 0 Å². The monoisotopic (exact) mass is 444 g/mol. The Labute approximate surface area is 188 Å². The first-order chi connectivity index (χ1) is 15.4. The van der Waals surface area contributed by atoms with E-state index >= 15 is 0 Å². The molecular formula is C22H32N6O4. The first-order valence-electron chi connectivity index (χ1n) is 11.1. The maximum atomic E-state index is 12.7. The highest BCUT2D eigenvalue weighted by molar-refractivity contribution is 6.03. The number of fused-ring (bicyclic) bond motifs is 1. The molecule has 3 unspecified atom stereocenters. The van der Waals surface area contributed by atoms with Gasteiger partial charge in [0.15, 0.2) is 18.2 Å². The summed E-state index contributed by atoms with van der Waals surface area (Å²) >= 11 is 0. The topological polar surface area (TPSA) is 101 Å². The molecule has 0 radical (unpaired) electrons. The van der Waals surface area contributed by atoms with Crippen molar-refractivity contribution < 1.29 is 19.4 Å². The highest BCUT2D eigenvalue weighted by atomic mass is 16.5. The van der Waals surface area contributed by atoms with Crippen LogP contribution in [-0.4, -0.2) is 114 Å². The van der Waals surface area contributed by atoms with Crippen LogP contribution >= 0.6 is 0 Å². The second-order valence-electron chi connectivity index (χ2n) is 8.60. The normalized spacial score (nSPS) is 24.9. The van der Waals surface area contributed by atoms with Gasteiger partial charge in [0.25, 0.3) is 5.91 Å². The minimum atomic E-state index is -0.840. The summed E-state index contributed by atoms with van der Waals surface area (Å²) in [5.41, 5.74) is 1.22. The minimum absolute atomic E-state index is 0.0891. The van der Waals surface area contributed by atoms with E-state index in [1.165, 1.54) is 10.5 Å². The Morgan fingerprint density at radius 2 is 1.84 bits per heavy atom. The lowest BCUT2D eigenvalue weighted by molar-refractivity contribution is -0.127. The number of hydrogen-bond acceptors (Lipinski definition) is 8. The number of rotatable bonds is 6. The molecule has 32 heavy (non-hydrogen) atoms. The standard InChI is InChI=1S/C22H32N6O4/c1-4-15-5-7-17(8-6-15)32-14-16(29)13-28-18-19(26(3)22(31)24-20(18)30)23-21(28)27-11-9-25(2)10-12-27/h5-8,16,18-19,29H,4,9-14H2,1-3H3,(H,24,30,31). The van der Waals surface area contributed by atoms with E-state index in [9.17, 15) is 14.7 Å². The number of guanidine groups is 1. The molecule has 3 amide bonds. The number of aliphatic hydroxyl groups excluding tert-OH is 1. The summed E-state index contributed by atoms with van der Waals surface area (Å²) < 4.78 is 5.77. The van der Waals surface area contributed by atoms with E-state index < -0.39 is 30.2 Å². The van der Waals surface area contributed by atoms with E-state index in [2.05, 4.69) is 29.1 Å². The summed E-state index contributed by atoms with van der Waals surface area (Å²) in [7, 11) is 3.70. The Kier molecular flexibility index (Phi) is 6.52. The predicted molar refractivity (Wildman–Crippen MR) is 119 cm³/mol. The van der Waals surface area contributed by atoms with Crippen LogP contribution < -0.4 is 10.1 Å². The molecule has 10 heteroatoms. The number of nitrogens with zero attached hydrogens (tertiary/aromatic N) is 5. The SMILES string of the molecule is CCc1ccc(OCC(O)CN2C(N3CCN(C)CC3)=NC3C2C(=O)NC(=O)N3C)cc1. The second-order valence-corrected chi connectivity index (χ2v) is 8.60. The summed E-state index contributed by atoms with van der Waals surface area (Å²) in [6, 6.07) is 6.66. The second kappa shape index (κ2) is 9.33. The molecule has 174 valence electrons. The van der Waals surface area contributed by atoms with E-state index in [0.29, 0.717) is 11.7 Å².